The highest BCUT2D eigenvalue weighted by Crippen LogP contribution is 2.44. The molecule has 1 fully saturated rings. The van der Waals surface area contributed by atoms with E-state index in [1.807, 2.05) is 0 Å². The maximum atomic E-state index is 14.6. The Labute approximate surface area is 186 Å². The van der Waals surface area contributed by atoms with Crippen molar-refractivity contribution in [3.05, 3.63) is 53.2 Å². The average Bonchev–Trinajstić information content (AvgIpc) is 2.78. The summed E-state index contributed by atoms with van der Waals surface area (Å²) in [6.45, 7) is 1.66. The van der Waals surface area contributed by atoms with Gasteiger partial charge in [-0.15, -0.1) is 0 Å². The Morgan fingerprint density at radius 1 is 1.21 bits per heavy atom. The van der Waals surface area contributed by atoms with E-state index in [0.29, 0.717) is 42.3 Å². The van der Waals surface area contributed by atoms with Gasteiger partial charge in [0.2, 0.25) is 0 Å². The van der Waals surface area contributed by atoms with Gasteiger partial charge in [0.25, 0.3) is 0 Å². The van der Waals surface area contributed by atoms with E-state index < -0.39 is 37.4 Å². The molecule has 4 rings (SSSR count). The number of rotatable bonds is 5. The molecule has 3 heterocycles. The predicted octanol–water partition coefficient (Wildman–Crippen LogP) is 4.42. The smallest absolute Gasteiger partial charge is 0.363 e. The van der Waals surface area contributed by atoms with Gasteiger partial charge < -0.3 is 15.2 Å². The molecule has 0 spiro atoms. The van der Waals surface area contributed by atoms with Gasteiger partial charge in [-0.05, 0) is 19.1 Å². The zero-order valence-electron chi connectivity index (χ0n) is 17.6. The molecule has 1 aliphatic rings. The van der Waals surface area contributed by atoms with Crippen molar-refractivity contribution >= 4 is 29.3 Å². The number of benzene rings is 1. The summed E-state index contributed by atoms with van der Waals surface area (Å²) in [5.74, 6) is -1.46. The highest BCUT2D eigenvalue weighted by molar-refractivity contribution is 7.71. The van der Waals surface area contributed by atoms with Crippen LogP contribution < -0.4 is 16.1 Å². The van der Waals surface area contributed by atoms with Gasteiger partial charge in [0.1, 0.15) is 30.9 Å². The first-order valence-electron chi connectivity index (χ1n) is 10.3. The fourth-order valence-corrected chi connectivity index (χ4v) is 6.19. The lowest BCUT2D eigenvalue weighted by Crippen LogP contribution is -2.33. The van der Waals surface area contributed by atoms with Crippen LogP contribution in [0.4, 0.5) is 27.8 Å². The first-order valence-corrected chi connectivity index (χ1v) is 12.3. The maximum Gasteiger partial charge on any atom is 0.419 e. The second-order valence-corrected chi connectivity index (χ2v) is 11.0. The first kappa shape index (κ1) is 23.5. The maximum absolute atomic E-state index is 14.6. The lowest BCUT2D eigenvalue weighted by Gasteiger charge is -2.23. The number of nitrogens with zero attached hydrogens (tertiary/aromatic N) is 3. The van der Waals surface area contributed by atoms with Crippen LogP contribution in [0.15, 0.2) is 30.5 Å². The molecule has 1 saturated heterocycles. The predicted molar refractivity (Wildman–Crippen MR) is 115 cm³/mol. The Kier molecular flexibility index (Phi) is 6.37. The molecule has 12 heteroatoms. The molecular formula is C21H21F5N5OP. The van der Waals surface area contributed by atoms with E-state index in [0.717, 1.165) is 6.07 Å². The Balaban J connectivity index is 1.76. The van der Waals surface area contributed by atoms with Crippen molar-refractivity contribution in [2.45, 2.75) is 25.8 Å². The summed E-state index contributed by atoms with van der Waals surface area (Å²) in [4.78, 5) is 12.5. The second-order valence-electron chi connectivity index (χ2n) is 7.84. The number of fused-ring (bicyclic) bond motifs is 1. The number of anilines is 1. The van der Waals surface area contributed by atoms with Gasteiger partial charge >= 0.3 is 6.18 Å². The van der Waals surface area contributed by atoms with Gasteiger partial charge in [-0.3, -0.25) is 4.98 Å². The molecule has 2 N–H and O–H groups in total. The van der Waals surface area contributed by atoms with Crippen molar-refractivity contribution in [1.29, 1.82) is 0 Å². The fraction of sp³-hybridized carbons (Fsp3) is 0.381. The van der Waals surface area contributed by atoms with Gasteiger partial charge in [-0.25, -0.2) is 18.7 Å². The second kappa shape index (κ2) is 8.95. The van der Waals surface area contributed by atoms with Crippen LogP contribution in [-0.4, -0.2) is 40.4 Å². The average molecular weight is 485 g/mol. The molecule has 0 radical (unpaired) electrons. The summed E-state index contributed by atoms with van der Waals surface area (Å²) in [5, 5.41) is 6.41. The third-order valence-corrected chi connectivity index (χ3v) is 8.58. The van der Waals surface area contributed by atoms with Crippen LogP contribution in [0, 0.1) is 5.82 Å². The number of nitrogens with one attached hydrogen (secondary N) is 2. The molecular weight excluding hydrogens is 464 g/mol. The van der Waals surface area contributed by atoms with Crippen LogP contribution >= 0.6 is 7.14 Å². The summed E-state index contributed by atoms with van der Waals surface area (Å²) < 4.78 is 80.7. The van der Waals surface area contributed by atoms with Crippen molar-refractivity contribution in [1.82, 2.24) is 20.3 Å². The van der Waals surface area contributed by atoms with Crippen molar-refractivity contribution in [3.63, 3.8) is 0 Å². The Morgan fingerprint density at radius 2 is 1.94 bits per heavy atom. The van der Waals surface area contributed by atoms with E-state index in [9.17, 15) is 26.5 Å². The molecule has 2 aromatic heterocycles. The van der Waals surface area contributed by atoms with Gasteiger partial charge in [-0.1, -0.05) is 12.1 Å². The van der Waals surface area contributed by atoms with Crippen molar-refractivity contribution < 1.29 is 26.5 Å². The van der Waals surface area contributed by atoms with E-state index in [4.69, 9.17) is 0 Å². The third-order valence-electron chi connectivity index (χ3n) is 5.60. The monoisotopic (exact) mass is 485 g/mol. The van der Waals surface area contributed by atoms with Crippen molar-refractivity contribution in [3.8, 4) is 0 Å². The van der Waals surface area contributed by atoms with E-state index >= 15 is 0 Å². The van der Waals surface area contributed by atoms with Gasteiger partial charge in [0.15, 0.2) is 5.82 Å². The molecule has 0 saturated carbocycles. The molecule has 0 unspecified atom stereocenters. The Bertz CT molecular complexity index is 1230. The van der Waals surface area contributed by atoms with Crippen LogP contribution in [0.25, 0.3) is 10.9 Å². The summed E-state index contributed by atoms with van der Waals surface area (Å²) >= 11 is 0. The Hall–Kier alpha value is -2.65. The molecule has 1 atom stereocenters. The van der Waals surface area contributed by atoms with E-state index in [1.54, 1.807) is 6.07 Å². The van der Waals surface area contributed by atoms with E-state index in [1.165, 1.54) is 19.2 Å². The van der Waals surface area contributed by atoms with Gasteiger partial charge in [-0.2, -0.15) is 13.2 Å². The largest absolute Gasteiger partial charge is 0.419 e. The molecule has 3 aromatic rings. The summed E-state index contributed by atoms with van der Waals surface area (Å²) in [5.41, 5.74) is -0.934. The summed E-state index contributed by atoms with van der Waals surface area (Å²) in [6.07, 6.45) is -2.59. The molecule has 6 nitrogen and oxygen atoms in total. The summed E-state index contributed by atoms with van der Waals surface area (Å²) in [6, 6.07) is 3.66. The molecule has 0 amide bonds. The van der Waals surface area contributed by atoms with Crippen LogP contribution in [0.1, 0.15) is 29.9 Å². The minimum atomic E-state index is -4.84. The quantitative estimate of drug-likeness (QED) is 0.412. The van der Waals surface area contributed by atoms with Crippen LogP contribution in [0.2, 0.25) is 0 Å². The van der Waals surface area contributed by atoms with Crippen LogP contribution in [0.3, 0.4) is 0 Å². The topological polar surface area (TPSA) is 79.8 Å². The van der Waals surface area contributed by atoms with E-state index in [-0.39, 0.29) is 22.7 Å². The lowest BCUT2D eigenvalue weighted by molar-refractivity contribution is -0.140. The molecule has 0 aliphatic carbocycles. The van der Waals surface area contributed by atoms with Crippen LogP contribution in [0.5, 0.6) is 0 Å². The molecule has 1 aliphatic heterocycles. The lowest BCUT2D eigenvalue weighted by atomic mass is 10.0. The number of aromatic nitrogens is 3. The number of hydrogen-bond donors (Lipinski definition) is 2. The third kappa shape index (κ3) is 4.70. The Morgan fingerprint density at radius 3 is 2.61 bits per heavy atom. The normalized spacial score (nSPS) is 17.2. The number of hydrogen-bond acceptors (Lipinski definition) is 6. The SMILES string of the molecule is C[C@@H](Nc1nc(CF)nc2cnc(P3(=O)CCNCC3)cc12)c1cccc(C(F)(F)F)c1F. The van der Waals surface area contributed by atoms with Gasteiger partial charge in [0, 0.05) is 36.4 Å². The van der Waals surface area contributed by atoms with Crippen LogP contribution in [-0.2, 0) is 17.4 Å². The standard InChI is InChI=1S/C21H21F5N5OP/c1-12(13-3-2-4-15(19(13)23)21(24,25)26)29-20-14-9-18(33(32)7-5-27-6-8-33)28-11-16(14)30-17(10-22)31-20/h2-4,9,11-12,27H,5-8,10H2,1H3,(H,29,30,31)/t12-/m1/s1. The molecule has 1 aromatic carbocycles. The van der Waals surface area contributed by atoms with Crippen molar-refractivity contribution in [2.24, 2.45) is 0 Å². The highest BCUT2D eigenvalue weighted by atomic mass is 31.2. The number of alkyl halides is 4. The van der Waals surface area contributed by atoms with Crippen molar-refractivity contribution in [2.75, 3.05) is 30.7 Å². The zero-order chi connectivity index (χ0) is 23.8. The molecule has 176 valence electrons. The van der Waals surface area contributed by atoms with E-state index in [2.05, 4.69) is 25.6 Å². The first-order chi connectivity index (χ1) is 15.6. The minimum absolute atomic E-state index is 0.0994. The van der Waals surface area contributed by atoms with Gasteiger partial charge in [0.05, 0.1) is 23.3 Å². The highest BCUT2D eigenvalue weighted by Gasteiger charge is 2.35. The summed E-state index contributed by atoms with van der Waals surface area (Å²) in [7, 11) is -2.75. The number of halogens is 5. The molecule has 33 heavy (non-hydrogen) atoms. The molecule has 0 bridgehead atoms. The minimum Gasteiger partial charge on any atom is -0.363 e. The fourth-order valence-electron chi connectivity index (χ4n) is 3.83. The zero-order valence-corrected chi connectivity index (χ0v) is 18.5. The number of pyridine rings is 1.